The molecule has 0 aliphatic carbocycles. The highest BCUT2D eigenvalue weighted by molar-refractivity contribution is 9.10. The van der Waals surface area contributed by atoms with Crippen molar-refractivity contribution in [1.82, 2.24) is 14.3 Å². The lowest BCUT2D eigenvalue weighted by molar-refractivity contribution is 0.393. The van der Waals surface area contributed by atoms with E-state index in [1.54, 1.807) is 13.3 Å². The van der Waals surface area contributed by atoms with Crippen LogP contribution in [-0.4, -0.2) is 47.6 Å². The fourth-order valence-corrected chi connectivity index (χ4v) is 3.75. The van der Waals surface area contributed by atoms with E-state index in [0.29, 0.717) is 17.4 Å². The first-order valence-electron chi connectivity index (χ1n) is 6.75. The Morgan fingerprint density at radius 3 is 2.70 bits per heavy atom. The number of nitrogens with zero attached hydrogens (tertiary/aromatic N) is 6. The van der Waals surface area contributed by atoms with Gasteiger partial charge in [0.2, 0.25) is 11.8 Å². The van der Waals surface area contributed by atoms with Gasteiger partial charge < -0.3 is 14.5 Å². The maximum absolute atomic E-state index is 9.19. The van der Waals surface area contributed by atoms with E-state index >= 15 is 0 Å². The number of halogens is 2. The molecule has 0 N–H and O–H groups in total. The molecule has 1 fully saturated rings. The number of rotatable bonds is 3. The zero-order valence-corrected chi connectivity index (χ0v) is 15.3. The molecule has 2 aromatic rings. The average Bonchev–Trinajstić information content (AvgIpc) is 2.96. The third-order valence-electron chi connectivity index (χ3n) is 3.49. The van der Waals surface area contributed by atoms with Crippen molar-refractivity contribution in [2.24, 2.45) is 0 Å². The summed E-state index contributed by atoms with van der Waals surface area (Å²) in [7, 11) is 1.58. The van der Waals surface area contributed by atoms with Gasteiger partial charge in [-0.15, -0.1) is 0 Å². The molecule has 3 rings (SSSR count). The van der Waals surface area contributed by atoms with Crippen molar-refractivity contribution >= 4 is 50.0 Å². The second-order valence-corrected chi connectivity index (χ2v) is 6.73. The van der Waals surface area contributed by atoms with Crippen LogP contribution in [0.15, 0.2) is 10.7 Å². The molecule has 0 radical (unpaired) electrons. The minimum atomic E-state index is 0.274. The molecular formula is C13H12BrClN6OS. The molecule has 23 heavy (non-hydrogen) atoms. The molecule has 0 amide bonds. The van der Waals surface area contributed by atoms with Gasteiger partial charge in [0.25, 0.3) is 0 Å². The van der Waals surface area contributed by atoms with Crippen LogP contribution < -0.4 is 14.5 Å². The molecule has 10 heteroatoms. The molecule has 0 unspecified atom stereocenters. The van der Waals surface area contributed by atoms with Gasteiger partial charge in [0, 0.05) is 26.2 Å². The number of hydrogen-bond donors (Lipinski definition) is 0. The largest absolute Gasteiger partial charge is 0.480 e. The van der Waals surface area contributed by atoms with E-state index in [9.17, 15) is 5.26 Å². The van der Waals surface area contributed by atoms with E-state index in [4.69, 9.17) is 16.3 Å². The van der Waals surface area contributed by atoms with Crippen molar-refractivity contribution in [1.29, 1.82) is 5.26 Å². The van der Waals surface area contributed by atoms with Crippen LogP contribution in [0.3, 0.4) is 0 Å². The third-order valence-corrected chi connectivity index (χ3v) is 5.31. The Bertz CT molecular complexity index is 755. The second kappa shape index (κ2) is 6.86. The number of aromatic nitrogens is 3. The topological polar surface area (TPSA) is 78.2 Å². The quantitative estimate of drug-likeness (QED) is 0.762. The molecular weight excluding hydrogens is 404 g/mol. The highest BCUT2D eigenvalue weighted by Gasteiger charge is 2.24. The first kappa shape index (κ1) is 16.2. The van der Waals surface area contributed by atoms with Gasteiger partial charge in [-0.1, -0.05) is 11.6 Å². The van der Waals surface area contributed by atoms with Gasteiger partial charge in [-0.3, -0.25) is 0 Å². The predicted octanol–water partition coefficient (Wildman–Crippen LogP) is 2.56. The van der Waals surface area contributed by atoms with Crippen LogP contribution in [0.4, 0.5) is 10.9 Å². The Kier molecular flexibility index (Phi) is 4.84. The number of nitriles is 1. The zero-order chi connectivity index (χ0) is 16.4. The van der Waals surface area contributed by atoms with E-state index in [2.05, 4.69) is 46.1 Å². The van der Waals surface area contributed by atoms with Crippen LogP contribution in [0.5, 0.6) is 5.88 Å². The van der Waals surface area contributed by atoms with E-state index < -0.39 is 0 Å². The highest BCUT2D eigenvalue weighted by atomic mass is 79.9. The fraction of sp³-hybridized carbons (Fsp3) is 0.385. The maximum Gasteiger partial charge on any atom is 0.232 e. The number of methoxy groups -OCH3 is 1. The van der Waals surface area contributed by atoms with E-state index in [1.165, 1.54) is 11.5 Å². The molecule has 1 aliphatic heterocycles. The number of ether oxygens (including phenoxy) is 1. The van der Waals surface area contributed by atoms with Crippen molar-refractivity contribution in [3.8, 4) is 11.9 Å². The molecule has 7 nitrogen and oxygen atoms in total. The minimum absolute atomic E-state index is 0.274. The first-order chi connectivity index (χ1) is 11.1. The van der Waals surface area contributed by atoms with Crippen LogP contribution in [0.25, 0.3) is 0 Å². The molecule has 3 heterocycles. The van der Waals surface area contributed by atoms with Crippen LogP contribution in [0, 0.1) is 11.3 Å². The SMILES string of the molecule is COc1nc(N2CCN(c3snc(Cl)c3C#N)CC2)ncc1Br. The van der Waals surface area contributed by atoms with Crippen molar-refractivity contribution in [3.63, 3.8) is 0 Å². The van der Waals surface area contributed by atoms with Gasteiger partial charge in [-0.05, 0) is 27.5 Å². The summed E-state index contributed by atoms with van der Waals surface area (Å²) in [5, 5.41) is 10.3. The number of hydrogen-bond acceptors (Lipinski definition) is 8. The normalized spacial score (nSPS) is 14.7. The summed E-state index contributed by atoms with van der Waals surface area (Å²) in [6, 6.07) is 2.12. The Balaban J connectivity index is 1.72. The van der Waals surface area contributed by atoms with Crippen LogP contribution in [-0.2, 0) is 0 Å². The number of piperazine rings is 1. The van der Waals surface area contributed by atoms with Crippen molar-refractivity contribution < 1.29 is 4.74 Å². The van der Waals surface area contributed by atoms with Gasteiger partial charge in [-0.2, -0.15) is 14.6 Å². The smallest absolute Gasteiger partial charge is 0.232 e. The Morgan fingerprint density at radius 1 is 1.35 bits per heavy atom. The van der Waals surface area contributed by atoms with E-state index in [0.717, 1.165) is 35.7 Å². The van der Waals surface area contributed by atoms with Crippen molar-refractivity contribution in [2.45, 2.75) is 0 Å². The molecule has 1 saturated heterocycles. The minimum Gasteiger partial charge on any atom is -0.480 e. The summed E-state index contributed by atoms with van der Waals surface area (Å²) in [5.74, 6) is 1.14. The standard InChI is InChI=1S/C13H12BrClN6OS/c1-22-11-9(14)7-17-13(18-11)21-4-2-20(3-5-21)12-8(6-16)10(15)19-23-12/h7H,2-5H2,1H3. The summed E-state index contributed by atoms with van der Waals surface area (Å²) >= 11 is 10.5. The van der Waals surface area contributed by atoms with Crippen LogP contribution in [0.2, 0.25) is 5.15 Å². The molecule has 1 aliphatic rings. The summed E-state index contributed by atoms with van der Waals surface area (Å²) in [6.45, 7) is 2.97. The Hall–Kier alpha value is -1.63. The number of anilines is 2. The van der Waals surface area contributed by atoms with Crippen molar-refractivity contribution in [2.75, 3.05) is 43.1 Å². The molecule has 120 valence electrons. The van der Waals surface area contributed by atoms with E-state index in [-0.39, 0.29) is 5.15 Å². The summed E-state index contributed by atoms with van der Waals surface area (Å²) in [6.07, 6.45) is 1.68. The van der Waals surface area contributed by atoms with Gasteiger partial charge in [0.15, 0.2) is 5.15 Å². The fourth-order valence-electron chi connectivity index (χ4n) is 2.32. The molecule has 0 aromatic carbocycles. The lowest BCUT2D eigenvalue weighted by atomic mass is 10.3. The zero-order valence-electron chi connectivity index (χ0n) is 12.2. The van der Waals surface area contributed by atoms with Crippen LogP contribution >= 0.6 is 39.1 Å². The Morgan fingerprint density at radius 2 is 2.04 bits per heavy atom. The van der Waals surface area contributed by atoms with Gasteiger partial charge in [0.05, 0.1) is 17.8 Å². The van der Waals surface area contributed by atoms with Gasteiger partial charge in [0.1, 0.15) is 16.6 Å². The van der Waals surface area contributed by atoms with Gasteiger partial charge in [-0.25, -0.2) is 4.98 Å². The maximum atomic E-state index is 9.19. The molecule has 0 atom stereocenters. The summed E-state index contributed by atoms with van der Waals surface area (Å²) < 4.78 is 9.99. The Labute approximate surface area is 150 Å². The lowest BCUT2D eigenvalue weighted by Gasteiger charge is -2.35. The average molecular weight is 416 g/mol. The first-order valence-corrected chi connectivity index (χ1v) is 8.70. The van der Waals surface area contributed by atoms with Crippen molar-refractivity contribution in [3.05, 3.63) is 21.4 Å². The third kappa shape index (κ3) is 3.20. The molecule has 2 aromatic heterocycles. The highest BCUT2D eigenvalue weighted by Crippen LogP contribution is 2.32. The lowest BCUT2D eigenvalue weighted by Crippen LogP contribution is -2.47. The molecule has 0 spiro atoms. The second-order valence-electron chi connectivity index (χ2n) is 4.77. The monoisotopic (exact) mass is 414 g/mol. The van der Waals surface area contributed by atoms with Gasteiger partial charge >= 0.3 is 0 Å². The molecule has 0 saturated carbocycles. The predicted molar refractivity (Wildman–Crippen MR) is 92.5 cm³/mol. The van der Waals surface area contributed by atoms with E-state index in [1.807, 2.05) is 0 Å². The van der Waals surface area contributed by atoms with Crippen LogP contribution in [0.1, 0.15) is 5.56 Å². The molecule has 0 bridgehead atoms. The summed E-state index contributed by atoms with van der Waals surface area (Å²) in [4.78, 5) is 12.9. The summed E-state index contributed by atoms with van der Waals surface area (Å²) in [5.41, 5.74) is 0.451.